The number of aryl methyl sites for hydroxylation is 1. The summed E-state index contributed by atoms with van der Waals surface area (Å²) in [6, 6.07) is 16.7. The normalized spacial score (nSPS) is 12.5. The van der Waals surface area contributed by atoms with E-state index in [1.165, 1.54) is 0 Å². The first-order chi connectivity index (χ1) is 18.8. The zero-order chi connectivity index (χ0) is 28.2. The highest BCUT2D eigenvalue weighted by Crippen LogP contribution is 2.18. The van der Waals surface area contributed by atoms with Crippen LogP contribution in [0.3, 0.4) is 0 Å². The van der Waals surface area contributed by atoms with Crippen molar-refractivity contribution in [1.29, 1.82) is 0 Å². The van der Waals surface area contributed by atoms with E-state index in [0.29, 0.717) is 43.7 Å². The molecule has 0 unspecified atom stereocenters. The average Bonchev–Trinajstić information content (AvgIpc) is 3.44. The van der Waals surface area contributed by atoms with Gasteiger partial charge in [-0.25, -0.2) is 4.79 Å². The highest BCUT2D eigenvalue weighted by Gasteiger charge is 2.25. The minimum absolute atomic E-state index is 0.0673. The Balaban J connectivity index is 1.75. The van der Waals surface area contributed by atoms with Crippen LogP contribution in [0.15, 0.2) is 60.0 Å². The van der Waals surface area contributed by atoms with Gasteiger partial charge in [0.2, 0.25) is 0 Å². The predicted molar refractivity (Wildman–Crippen MR) is 158 cm³/mol. The van der Waals surface area contributed by atoms with Crippen molar-refractivity contribution in [3.8, 4) is 5.75 Å². The van der Waals surface area contributed by atoms with Gasteiger partial charge in [-0.05, 0) is 72.7 Å². The van der Waals surface area contributed by atoms with E-state index in [4.69, 9.17) is 15.2 Å². The lowest BCUT2D eigenvalue weighted by Gasteiger charge is -2.25. The number of nitrogens with zero attached hydrogens (tertiary/aromatic N) is 1. The van der Waals surface area contributed by atoms with E-state index in [1.807, 2.05) is 59.7 Å². The molecule has 0 aliphatic rings. The third-order valence-electron chi connectivity index (χ3n) is 6.40. The molecule has 39 heavy (non-hydrogen) atoms. The molecule has 7 nitrogen and oxygen atoms in total. The highest BCUT2D eigenvalue weighted by molar-refractivity contribution is 7.09. The molecule has 1 amide bonds. The van der Waals surface area contributed by atoms with Crippen molar-refractivity contribution >= 4 is 23.2 Å². The molecule has 0 bridgehead atoms. The molecule has 1 aromatic heterocycles. The zero-order valence-electron chi connectivity index (χ0n) is 23.4. The Kier molecular flexibility index (Phi) is 12.0. The summed E-state index contributed by atoms with van der Waals surface area (Å²) < 4.78 is 11.3. The SMILES string of the molecule is CCCN(CCC)C(=O)c1cc(C)cc(C(=O)O[C@H](CNCc2cccc(OC)c2)[C@@H](N)Cc2cccs2)c1. The van der Waals surface area contributed by atoms with Gasteiger partial charge in [0.25, 0.3) is 5.91 Å². The van der Waals surface area contributed by atoms with Gasteiger partial charge in [0.15, 0.2) is 0 Å². The summed E-state index contributed by atoms with van der Waals surface area (Å²) in [4.78, 5) is 29.6. The standard InChI is InChI=1S/C31H41N3O4S/c1-5-12-34(13-6-2)30(35)24-15-22(3)16-25(18-24)31(36)38-29(28(32)19-27-11-8-14-39-27)21-33-20-23-9-7-10-26(17-23)37-4/h7-11,14-18,28-29,33H,5-6,12-13,19-21,32H2,1-4H3/t28-,29+/m0/s1. The summed E-state index contributed by atoms with van der Waals surface area (Å²) >= 11 is 1.63. The summed E-state index contributed by atoms with van der Waals surface area (Å²) in [6.07, 6.45) is 1.77. The third-order valence-corrected chi connectivity index (χ3v) is 7.29. The van der Waals surface area contributed by atoms with Crippen molar-refractivity contribution in [3.05, 3.63) is 87.1 Å². The number of benzene rings is 2. The summed E-state index contributed by atoms with van der Waals surface area (Å²) in [5, 5.41) is 5.39. The lowest BCUT2D eigenvalue weighted by Crippen LogP contribution is -2.45. The van der Waals surface area contributed by atoms with Gasteiger partial charge in [0.05, 0.1) is 12.7 Å². The van der Waals surface area contributed by atoms with Gasteiger partial charge in [-0.2, -0.15) is 0 Å². The summed E-state index contributed by atoms with van der Waals surface area (Å²) in [6.45, 7) is 8.30. The number of carbonyl (C=O) groups is 2. The Morgan fingerprint density at radius 1 is 1.03 bits per heavy atom. The molecular formula is C31H41N3O4S. The molecule has 0 radical (unpaired) electrons. The molecule has 2 aromatic carbocycles. The fraction of sp³-hybridized carbons (Fsp3) is 0.419. The Morgan fingerprint density at radius 3 is 2.44 bits per heavy atom. The second-order valence-corrected chi connectivity index (χ2v) is 10.8. The lowest BCUT2D eigenvalue weighted by atomic mass is 10.0. The maximum absolute atomic E-state index is 13.4. The monoisotopic (exact) mass is 551 g/mol. The molecule has 0 spiro atoms. The van der Waals surface area contributed by atoms with E-state index in [1.54, 1.807) is 30.6 Å². The number of esters is 1. The van der Waals surface area contributed by atoms with Crippen LogP contribution < -0.4 is 15.8 Å². The Hall–Kier alpha value is -3.20. The van der Waals surface area contributed by atoms with E-state index < -0.39 is 18.1 Å². The fourth-order valence-electron chi connectivity index (χ4n) is 4.48. The molecular weight excluding hydrogens is 510 g/mol. The van der Waals surface area contributed by atoms with Crippen LogP contribution in [0, 0.1) is 6.92 Å². The van der Waals surface area contributed by atoms with Crippen LogP contribution in [0.1, 0.15) is 63.4 Å². The van der Waals surface area contributed by atoms with Crippen LogP contribution in [0.5, 0.6) is 5.75 Å². The van der Waals surface area contributed by atoms with E-state index in [9.17, 15) is 9.59 Å². The van der Waals surface area contributed by atoms with Crippen LogP contribution in [0.25, 0.3) is 0 Å². The molecule has 1 heterocycles. The first-order valence-corrected chi connectivity index (χ1v) is 14.5. The highest BCUT2D eigenvalue weighted by atomic mass is 32.1. The topological polar surface area (TPSA) is 93.9 Å². The second kappa shape index (κ2) is 15.4. The van der Waals surface area contributed by atoms with Gasteiger partial charge in [-0.15, -0.1) is 11.3 Å². The zero-order valence-corrected chi connectivity index (χ0v) is 24.3. The Morgan fingerprint density at radius 2 is 1.77 bits per heavy atom. The average molecular weight is 552 g/mol. The van der Waals surface area contributed by atoms with Gasteiger partial charge < -0.3 is 25.4 Å². The number of hydrogen-bond acceptors (Lipinski definition) is 7. The number of methoxy groups -OCH3 is 1. The molecule has 3 rings (SSSR count). The maximum atomic E-state index is 13.4. The minimum atomic E-state index is -0.568. The number of hydrogen-bond donors (Lipinski definition) is 2. The number of rotatable bonds is 15. The van der Waals surface area contributed by atoms with E-state index in [-0.39, 0.29) is 5.91 Å². The Bertz CT molecular complexity index is 1190. The summed E-state index contributed by atoms with van der Waals surface area (Å²) in [7, 11) is 1.64. The summed E-state index contributed by atoms with van der Waals surface area (Å²) in [5.41, 5.74) is 9.32. The van der Waals surface area contributed by atoms with Crippen molar-refractivity contribution in [3.63, 3.8) is 0 Å². The number of nitrogens with one attached hydrogen (secondary N) is 1. The molecule has 3 aromatic rings. The quantitative estimate of drug-likeness (QED) is 0.252. The van der Waals surface area contributed by atoms with Crippen molar-refractivity contribution in [2.75, 3.05) is 26.7 Å². The molecule has 3 N–H and O–H groups in total. The first kappa shape index (κ1) is 30.3. The maximum Gasteiger partial charge on any atom is 0.338 e. The van der Waals surface area contributed by atoms with E-state index >= 15 is 0 Å². The van der Waals surface area contributed by atoms with Crippen molar-refractivity contribution in [2.24, 2.45) is 5.73 Å². The molecule has 8 heteroatoms. The van der Waals surface area contributed by atoms with E-state index in [0.717, 1.165) is 34.6 Å². The lowest BCUT2D eigenvalue weighted by molar-refractivity contribution is 0.0239. The molecule has 0 aliphatic heterocycles. The van der Waals surface area contributed by atoms with Crippen molar-refractivity contribution in [1.82, 2.24) is 10.2 Å². The molecule has 0 saturated carbocycles. The van der Waals surface area contributed by atoms with E-state index in [2.05, 4.69) is 19.2 Å². The number of nitrogens with two attached hydrogens (primary N) is 1. The molecule has 0 fully saturated rings. The summed E-state index contributed by atoms with van der Waals surface area (Å²) in [5.74, 6) is 0.232. The van der Waals surface area contributed by atoms with Gasteiger partial charge in [0, 0.05) is 49.1 Å². The van der Waals surface area contributed by atoms with Crippen LogP contribution >= 0.6 is 11.3 Å². The number of ether oxygens (including phenoxy) is 2. The second-order valence-electron chi connectivity index (χ2n) is 9.75. The van der Waals surface area contributed by atoms with Crippen LogP contribution in [-0.2, 0) is 17.7 Å². The first-order valence-electron chi connectivity index (χ1n) is 13.6. The van der Waals surface area contributed by atoms with Gasteiger partial charge in [-0.3, -0.25) is 4.79 Å². The molecule has 2 atom stereocenters. The largest absolute Gasteiger partial charge is 0.497 e. The van der Waals surface area contributed by atoms with Gasteiger partial charge in [-0.1, -0.05) is 32.0 Å². The Labute approximate surface area is 236 Å². The number of thiophene rings is 1. The minimum Gasteiger partial charge on any atom is -0.497 e. The fourth-order valence-corrected chi connectivity index (χ4v) is 5.26. The number of carbonyl (C=O) groups excluding carboxylic acids is 2. The predicted octanol–water partition coefficient (Wildman–Crippen LogP) is 5.21. The molecule has 0 aliphatic carbocycles. The van der Waals surface area contributed by atoms with Crippen LogP contribution in [0.2, 0.25) is 0 Å². The molecule has 210 valence electrons. The van der Waals surface area contributed by atoms with Crippen LogP contribution in [-0.4, -0.2) is 55.7 Å². The number of amides is 1. The van der Waals surface area contributed by atoms with Crippen LogP contribution in [0.4, 0.5) is 0 Å². The third kappa shape index (κ3) is 9.20. The van der Waals surface area contributed by atoms with Crippen molar-refractivity contribution in [2.45, 2.75) is 58.7 Å². The molecule has 0 saturated heterocycles. The van der Waals surface area contributed by atoms with Crippen molar-refractivity contribution < 1.29 is 19.1 Å². The van der Waals surface area contributed by atoms with Gasteiger partial charge in [0.1, 0.15) is 11.9 Å². The smallest absolute Gasteiger partial charge is 0.338 e. The van der Waals surface area contributed by atoms with Gasteiger partial charge >= 0.3 is 5.97 Å².